The van der Waals surface area contributed by atoms with Crippen LogP contribution in [0.1, 0.15) is 37.7 Å². The third-order valence-electron chi connectivity index (χ3n) is 2.97. The first-order valence-electron chi connectivity index (χ1n) is 6.10. The normalized spacial score (nSPS) is 11.9. The molecule has 0 radical (unpaired) electrons. The van der Waals surface area contributed by atoms with E-state index in [1.165, 1.54) is 0 Å². The highest BCUT2D eigenvalue weighted by Gasteiger charge is 2.25. The Morgan fingerprint density at radius 2 is 1.63 bits per heavy atom. The van der Waals surface area contributed by atoms with Crippen LogP contribution < -0.4 is 0 Å². The second kappa shape index (κ2) is 4.91. The maximum absolute atomic E-state index is 6.25. The molecule has 0 atom stereocenters. The lowest BCUT2D eigenvalue weighted by Crippen LogP contribution is -2.19. The van der Waals surface area contributed by atoms with Gasteiger partial charge in [-0.05, 0) is 48.7 Å². The van der Waals surface area contributed by atoms with E-state index in [0.717, 1.165) is 27.1 Å². The quantitative estimate of drug-likeness (QED) is 0.758. The standard InChI is InChI=1S/C14H17BrClN3/c1-8-6-10(15)7-9(2)11(8)19-12(14(3,4)5)17-18-13(19)16/h6-7H,1-5H3. The van der Waals surface area contributed by atoms with Crippen molar-refractivity contribution < 1.29 is 0 Å². The van der Waals surface area contributed by atoms with Gasteiger partial charge < -0.3 is 0 Å². The van der Waals surface area contributed by atoms with Gasteiger partial charge in [-0.2, -0.15) is 0 Å². The second-order valence-corrected chi connectivity index (χ2v) is 7.02. The molecule has 0 spiro atoms. The summed E-state index contributed by atoms with van der Waals surface area (Å²) < 4.78 is 3.01. The molecule has 3 nitrogen and oxygen atoms in total. The van der Waals surface area contributed by atoms with Gasteiger partial charge in [-0.1, -0.05) is 36.7 Å². The van der Waals surface area contributed by atoms with Gasteiger partial charge in [0, 0.05) is 9.89 Å². The molecule has 0 amide bonds. The average molecular weight is 343 g/mol. The van der Waals surface area contributed by atoms with Crippen LogP contribution in [-0.2, 0) is 5.41 Å². The summed E-state index contributed by atoms with van der Waals surface area (Å²) in [7, 11) is 0. The monoisotopic (exact) mass is 341 g/mol. The number of benzene rings is 1. The first kappa shape index (κ1) is 14.5. The molecule has 0 saturated carbocycles. The van der Waals surface area contributed by atoms with Gasteiger partial charge in [0.1, 0.15) is 5.82 Å². The summed E-state index contributed by atoms with van der Waals surface area (Å²) in [4.78, 5) is 0. The predicted octanol–water partition coefficient (Wildman–Crippen LogP) is 4.60. The maximum atomic E-state index is 6.25. The Morgan fingerprint density at radius 1 is 1.11 bits per heavy atom. The molecule has 0 unspecified atom stereocenters. The molecule has 19 heavy (non-hydrogen) atoms. The first-order chi connectivity index (χ1) is 8.71. The van der Waals surface area contributed by atoms with Crippen molar-refractivity contribution in [2.75, 3.05) is 0 Å². The predicted molar refractivity (Wildman–Crippen MR) is 82.2 cm³/mol. The van der Waals surface area contributed by atoms with E-state index in [-0.39, 0.29) is 5.41 Å². The molecular formula is C14H17BrClN3. The van der Waals surface area contributed by atoms with E-state index in [2.05, 4.69) is 72.9 Å². The molecule has 2 rings (SSSR count). The van der Waals surface area contributed by atoms with Crippen molar-refractivity contribution >= 4 is 27.5 Å². The average Bonchev–Trinajstić information content (AvgIpc) is 2.59. The number of nitrogens with zero attached hydrogens (tertiary/aromatic N) is 3. The molecule has 2 aromatic rings. The summed E-state index contributed by atoms with van der Waals surface area (Å²) in [5, 5.41) is 8.67. The lowest BCUT2D eigenvalue weighted by atomic mass is 9.95. The number of aryl methyl sites for hydroxylation is 2. The molecule has 0 bridgehead atoms. The minimum atomic E-state index is -0.119. The van der Waals surface area contributed by atoms with Gasteiger partial charge in [-0.15, -0.1) is 10.2 Å². The van der Waals surface area contributed by atoms with E-state index in [4.69, 9.17) is 11.6 Å². The van der Waals surface area contributed by atoms with Crippen LogP contribution in [0.15, 0.2) is 16.6 Å². The van der Waals surface area contributed by atoms with Crippen LogP contribution in [0.25, 0.3) is 5.69 Å². The summed E-state index contributed by atoms with van der Waals surface area (Å²) in [6, 6.07) is 4.15. The van der Waals surface area contributed by atoms with Crippen LogP contribution in [0.4, 0.5) is 0 Å². The van der Waals surface area contributed by atoms with E-state index in [1.807, 2.05) is 4.57 Å². The number of hydrogen-bond donors (Lipinski definition) is 0. The summed E-state index contributed by atoms with van der Waals surface area (Å²) >= 11 is 9.76. The molecule has 1 aromatic heterocycles. The third-order valence-corrected chi connectivity index (χ3v) is 3.68. The van der Waals surface area contributed by atoms with Crippen molar-refractivity contribution in [3.05, 3.63) is 38.8 Å². The highest BCUT2D eigenvalue weighted by atomic mass is 79.9. The number of aromatic nitrogens is 3. The maximum Gasteiger partial charge on any atom is 0.229 e. The molecule has 1 heterocycles. The smallest absolute Gasteiger partial charge is 0.229 e. The molecule has 5 heteroatoms. The lowest BCUT2D eigenvalue weighted by Gasteiger charge is -2.21. The topological polar surface area (TPSA) is 30.7 Å². The minimum Gasteiger partial charge on any atom is -0.269 e. The van der Waals surface area contributed by atoms with E-state index in [9.17, 15) is 0 Å². The van der Waals surface area contributed by atoms with E-state index in [1.54, 1.807) is 0 Å². The van der Waals surface area contributed by atoms with Crippen molar-refractivity contribution in [1.82, 2.24) is 14.8 Å². The largest absolute Gasteiger partial charge is 0.269 e. The number of rotatable bonds is 1. The summed E-state index contributed by atoms with van der Waals surface area (Å²) in [5.74, 6) is 0.867. The third kappa shape index (κ3) is 2.70. The van der Waals surface area contributed by atoms with Crippen LogP contribution in [0.3, 0.4) is 0 Å². The van der Waals surface area contributed by atoms with Crippen molar-refractivity contribution in [3.63, 3.8) is 0 Å². The van der Waals surface area contributed by atoms with Crippen LogP contribution in [-0.4, -0.2) is 14.8 Å². The molecule has 0 fully saturated rings. The highest BCUT2D eigenvalue weighted by Crippen LogP contribution is 2.31. The SMILES string of the molecule is Cc1cc(Br)cc(C)c1-n1c(Cl)nnc1C(C)(C)C. The highest BCUT2D eigenvalue weighted by molar-refractivity contribution is 9.10. The van der Waals surface area contributed by atoms with Crippen LogP contribution in [0, 0.1) is 13.8 Å². The Morgan fingerprint density at radius 3 is 2.11 bits per heavy atom. The summed E-state index contributed by atoms with van der Waals surface area (Å²) in [6.07, 6.45) is 0. The van der Waals surface area contributed by atoms with Gasteiger partial charge in [0.25, 0.3) is 0 Å². The molecule has 102 valence electrons. The van der Waals surface area contributed by atoms with Crippen LogP contribution in [0.2, 0.25) is 5.28 Å². The van der Waals surface area contributed by atoms with Crippen LogP contribution >= 0.6 is 27.5 Å². The van der Waals surface area contributed by atoms with E-state index in [0.29, 0.717) is 5.28 Å². The first-order valence-corrected chi connectivity index (χ1v) is 7.27. The Kier molecular flexibility index (Phi) is 3.76. The Balaban J connectivity index is 2.77. The van der Waals surface area contributed by atoms with Crippen molar-refractivity contribution in [3.8, 4) is 5.69 Å². The zero-order chi connectivity index (χ0) is 14.4. The Labute approximate surface area is 127 Å². The fourth-order valence-electron chi connectivity index (χ4n) is 2.20. The zero-order valence-electron chi connectivity index (χ0n) is 11.8. The molecule has 1 aromatic carbocycles. The van der Waals surface area contributed by atoms with Gasteiger partial charge in [0.2, 0.25) is 5.28 Å². The summed E-state index contributed by atoms with van der Waals surface area (Å²) in [6.45, 7) is 10.4. The zero-order valence-corrected chi connectivity index (χ0v) is 14.1. The molecular weight excluding hydrogens is 326 g/mol. The van der Waals surface area contributed by atoms with Gasteiger partial charge in [0.05, 0.1) is 5.69 Å². The van der Waals surface area contributed by atoms with Crippen molar-refractivity contribution in [1.29, 1.82) is 0 Å². The molecule has 0 aliphatic rings. The van der Waals surface area contributed by atoms with Crippen molar-refractivity contribution in [2.45, 2.75) is 40.0 Å². The molecule has 0 aliphatic carbocycles. The molecule has 0 N–H and O–H groups in total. The van der Waals surface area contributed by atoms with Crippen molar-refractivity contribution in [2.24, 2.45) is 0 Å². The van der Waals surface area contributed by atoms with Crippen LogP contribution in [0.5, 0.6) is 0 Å². The fourth-order valence-corrected chi connectivity index (χ4v) is 3.09. The number of halogens is 2. The Hall–Kier alpha value is -0.870. The molecule has 0 saturated heterocycles. The van der Waals surface area contributed by atoms with Gasteiger partial charge in [-0.25, -0.2) is 0 Å². The molecule has 0 aliphatic heterocycles. The summed E-state index contributed by atoms with van der Waals surface area (Å²) in [5.41, 5.74) is 3.22. The Bertz CT molecular complexity index is 603. The lowest BCUT2D eigenvalue weighted by molar-refractivity contribution is 0.532. The minimum absolute atomic E-state index is 0.119. The second-order valence-electron chi connectivity index (χ2n) is 5.77. The van der Waals surface area contributed by atoms with Gasteiger partial charge in [-0.3, -0.25) is 4.57 Å². The van der Waals surface area contributed by atoms with E-state index >= 15 is 0 Å². The number of hydrogen-bond acceptors (Lipinski definition) is 2. The van der Waals surface area contributed by atoms with Gasteiger partial charge >= 0.3 is 0 Å². The fraction of sp³-hybridized carbons (Fsp3) is 0.429. The van der Waals surface area contributed by atoms with Gasteiger partial charge in [0.15, 0.2) is 0 Å². The van der Waals surface area contributed by atoms with E-state index < -0.39 is 0 Å².